The van der Waals surface area contributed by atoms with Gasteiger partial charge in [-0.3, -0.25) is 20.0 Å². The number of nitrogens with zero attached hydrogens (tertiary/aromatic N) is 3. The number of hydrogen-bond acceptors (Lipinski definition) is 7. The van der Waals surface area contributed by atoms with Gasteiger partial charge >= 0.3 is 6.18 Å². The number of likely N-dealkylation sites (tertiary alicyclic amines) is 1. The fraction of sp³-hybridized carbons (Fsp3) is 0.346. The van der Waals surface area contributed by atoms with Crippen LogP contribution >= 0.6 is 0 Å². The molecule has 1 amide bonds. The number of likely N-dealkylation sites (N-methyl/N-ethyl adjacent to an activating group) is 1. The van der Waals surface area contributed by atoms with Crippen LogP contribution in [0.5, 0.6) is 11.6 Å². The zero-order valence-corrected chi connectivity index (χ0v) is 20.5. The molecule has 1 aromatic carbocycles. The van der Waals surface area contributed by atoms with Crippen molar-refractivity contribution in [3.63, 3.8) is 0 Å². The van der Waals surface area contributed by atoms with Gasteiger partial charge in [-0.05, 0) is 62.3 Å². The fourth-order valence-corrected chi connectivity index (χ4v) is 4.21. The lowest BCUT2D eigenvalue weighted by atomic mass is 10.0. The Hall–Kier alpha value is -3.70. The van der Waals surface area contributed by atoms with E-state index in [0.717, 1.165) is 30.7 Å². The lowest BCUT2D eigenvalue weighted by molar-refractivity contribution is -0.137. The molecule has 2 aromatic heterocycles. The lowest BCUT2D eigenvalue weighted by Crippen LogP contribution is -2.56. The molecular weight excluding hydrogens is 487 g/mol. The first-order valence-electron chi connectivity index (χ1n) is 11.8. The Bertz CT molecular complexity index is 1210. The standard InChI is InChI=1S/C26H28F3N5O3/c1-34-10-4-6-22(24(34)32-15-17-7-9-31-23(11-17)36-2)37-21-13-19(26(27,28)29)12-20(14-21)33-25(35)18-5-3-8-30-16-18/h3,5,7-9,11-14,16,22,24,32H,4,6,10,15H2,1-2H3,(H,33,35). The summed E-state index contributed by atoms with van der Waals surface area (Å²) in [6, 6.07) is 10.0. The van der Waals surface area contributed by atoms with E-state index in [9.17, 15) is 18.0 Å². The van der Waals surface area contributed by atoms with Crippen molar-refractivity contribution in [2.45, 2.75) is 37.8 Å². The van der Waals surface area contributed by atoms with Gasteiger partial charge in [0, 0.05) is 43.0 Å². The molecule has 196 valence electrons. The van der Waals surface area contributed by atoms with Crippen LogP contribution in [0.15, 0.2) is 61.1 Å². The fourth-order valence-electron chi connectivity index (χ4n) is 4.21. The minimum atomic E-state index is -4.62. The molecule has 0 spiro atoms. The molecular formula is C26H28F3N5O3. The maximum absolute atomic E-state index is 13.7. The highest BCUT2D eigenvalue weighted by Crippen LogP contribution is 2.35. The van der Waals surface area contributed by atoms with E-state index in [1.165, 1.54) is 24.5 Å². The van der Waals surface area contributed by atoms with Crippen LogP contribution in [-0.4, -0.2) is 53.7 Å². The summed E-state index contributed by atoms with van der Waals surface area (Å²) in [7, 11) is 3.48. The average molecular weight is 516 g/mol. The Kier molecular flexibility index (Phi) is 8.24. The summed E-state index contributed by atoms with van der Waals surface area (Å²) in [5.74, 6) is -0.0500. The lowest BCUT2D eigenvalue weighted by Gasteiger charge is -2.39. The summed E-state index contributed by atoms with van der Waals surface area (Å²) >= 11 is 0. The third kappa shape index (κ3) is 6.95. The van der Waals surface area contributed by atoms with Crippen molar-refractivity contribution in [1.29, 1.82) is 0 Å². The number of benzene rings is 1. The number of halogens is 3. The maximum Gasteiger partial charge on any atom is 0.416 e. The van der Waals surface area contributed by atoms with Crippen LogP contribution in [0, 0.1) is 0 Å². The number of nitrogens with one attached hydrogen (secondary N) is 2. The van der Waals surface area contributed by atoms with E-state index in [2.05, 4.69) is 25.5 Å². The van der Waals surface area contributed by atoms with E-state index in [4.69, 9.17) is 9.47 Å². The Morgan fingerprint density at radius 1 is 1.19 bits per heavy atom. The molecule has 37 heavy (non-hydrogen) atoms. The van der Waals surface area contributed by atoms with Crippen LogP contribution in [0.2, 0.25) is 0 Å². The topological polar surface area (TPSA) is 88.6 Å². The van der Waals surface area contributed by atoms with Gasteiger partial charge in [-0.25, -0.2) is 4.98 Å². The first kappa shape index (κ1) is 26.4. The Balaban J connectivity index is 1.54. The monoisotopic (exact) mass is 515 g/mol. The number of anilines is 1. The van der Waals surface area contributed by atoms with Gasteiger partial charge in [0.25, 0.3) is 5.91 Å². The predicted molar refractivity (Wildman–Crippen MR) is 131 cm³/mol. The van der Waals surface area contributed by atoms with Crippen molar-refractivity contribution < 1.29 is 27.4 Å². The van der Waals surface area contributed by atoms with Gasteiger partial charge in [-0.15, -0.1) is 0 Å². The minimum absolute atomic E-state index is 0.0174. The smallest absolute Gasteiger partial charge is 0.416 e. The highest BCUT2D eigenvalue weighted by molar-refractivity contribution is 6.04. The van der Waals surface area contributed by atoms with Crippen molar-refractivity contribution in [2.75, 3.05) is 26.0 Å². The number of amides is 1. The number of hydrogen-bond donors (Lipinski definition) is 2. The highest BCUT2D eigenvalue weighted by Gasteiger charge is 2.34. The van der Waals surface area contributed by atoms with Gasteiger partial charge < -0.3 is 14.8 Å². The van der Waals surface area contributed by atoms with Crippen LogP contribution in [-0.2, 0) is 12.7 Å². The molecule has 1 aliphatic heterocycles. The molecule has 3 aromatic rings. The molecule has 4 rings (SSSR count). The van der Waals surface area contributed by atoms with E-state index in [1.54, 1.807) is 19.4 Å². The minimum Gasteiger partial charge on any atom is -0.487 e. The molecule has 0 aliphatic carbocycles. The number of rotatable bonds is 8. The summed E-state index contributed by atoms with van der Waals surface area (Å²) in [6.45, 7) is 1.30. The van der Waals surface area contributed by atoms with E-state index in [-0.39, 0.29) is 23.2 Å². The predicted octanol–water partition coefficient (Wildman–Crippen LogP) is 4.35. The number of aromatic nitrogens is 2. The number of pyridine rings is 2. The zero-order chi connectivity index (χ0) is 26.4. The number of carbonyl (C=O) groups excluding carboxylic acids is 1. The first-order chi connectivity index (χ1) is 17.7. The SMILES string of the molecule is COc1cc(CNC2C(Oc3cc(NC(=O)c4cccnc4)cc(C(F)(F)F)c3)CCCN2C)ccn1. The van der Waals surface area contributed by atoms with E-state index >= 15 is 0 Å². The molecule has 8 nitrogen and oxygen atoms in total. The third-order valence-electron chi connectivity index (χ3n) is 6.05. The second-order valence-corrected chi connectivity index (χ2v) is 8.75. The molecule has 0 saturated carbocycles. The average Bonchev–Trinajstić information content (AvgIpc) is 2.88. The van der Waals surface area contributed by atoms with Crippen LogP contribution in [0.3, 0.4) is 0 Å². The van der Waals surface area contributed by atoms with Crippen LogP contribution in [0.1, 0.15) is 34.3 Å². The van der Waals surface area contributed by atoms with Gasteiger partial charge in [0.1, 0.15) is 11.9 Å². The van der Waals surface area contributed by atoms with Crippen LogP contribution in [0.4, 0.5) is 18.9 Å². The van der Waals surface area contributed by atoms with Crippen LogP contribution in [0.25, 0.3) is 0 Å². The van der Waals surface area contributed by atoms with E-state index < -0.39 is 23.8 Å². The molecule has 1 saturated heterocycles. The van der Waals surface area contributed by atoms with Gasteiger partial charge in [0.15, 0.2) is 0 Å². The summed E-state index contributed by atoms with van der Waals surface area (Å²) in [5.41, 5.74) is 0.248. The second-order valence-electron chi connectivity index (χ2n) is 8.75. The first-order valence-corrected chi connectivity index (χ1v) is 11.8. The van der Waals surface area contributed by atoms with Crippen LogP contribution < -0.4 is 20.1 Å². The molecule has 1 fully saturated rings. The van der Waals surface area contributed by atoms with E-state index in [1.807, 2.05) is 19.2 Å². The summed E-state index contributed by atoms with van der Waals surface area (Å²) in [5, 5.41) is 5.96. The largest absolute Gasteiger partial charge is 0.487 e. The summed E-state index contributed by atoms with van der Waals surface area (Å²) < 4.78 is 52.3. The molecule has 2 N–H and O–H groups in total. The summed E-state index contributed by atoms with van der Waals surface area (Å²) in [4.78, 5) is 22.6. The van der Waals surface area contributed by atoms with Gasteiger partial charge in [-0.2, -0.15) is 13.2 Å². The highest BCUT2D eigenvalue weighted by atomic mass is 19.4. The van der Waals surface area contributed by atoms with E-state index in [0.29, 0.717) is 18.8 Å². The Morgan fingerprint density at radius 3 is 2.76 bits per heavy atom. The van der Waals surface area contributed by atoms with Crippen molar-refractivity contribution >= 4 is 11.6 Å². The number of ether oxygens (including phenoxy) is 2. The molecule has 3 heterocycles. The van der Waals surface area contributed by atoms with Crippen molar-refractivity contribution in [2.24, 2.45) is 0 Å². The maximum atomic E-state index is 13.7. The Labute approximate surface area is 212 Å². The van der Waals surface area contributed by atoms with Crippen molar-refractivity contribution in [1.82, 2.24) is 20.2 Å². The van der Waals surface area contributed by atoms with Crippen molar-refractivity contribution in [3.8, 4) is 11.6 Å². The number of alkyl halides is 3. The molecule has 0 bridgehead atoms. The molecule has 0 radical (unpaired) electrons. The molecule has 2 atom stereocenters. The number of carbonyl (C=O) groups is 1. The van der Waals surface area contributed by atoms with Crippen molar-refractivity contribution in [3.05, 3.63) is 77.7 Å². The van der Waals surface area contributed by atoms with Gasteiger partial charge in [0.2, 0.25) is 5.88 Å². The summed E-state index contributed by atoms with van der Waals surface area (Å²) in [6.07, 6.45) is 0.675. The quantitative estimate of drug-likeness (QED) is 0.461. The Morgan fingerprint density at radius 2 is 2.03 bits per heavy atom. The van der Waals surface area contributed by atoms with Gasteiger partial charge in [-0.1, -0.05) is 0 Å². The zero-order valence-electron chi connectivity index (χ0n) is 20.5. The molecule has 1 aliphatic rings. The number of methoxy groups -OCH3 is 1. The molecule has 11 heteroatoms. The van der Waals surface area contributed by atoms with Gasteiger partial charge in [0.05, 0.1) is 24.4 Å². The number of piperidine rings is 1. The second kappa shape index (κ2) is 11.6. The third-order valence-corrected chi connectivity index (χ3v) is 6.05. The normalized spacial score (nSPS) is 18.3. The molecule has 2 unspecified atom stereocenters.